The Labute approximate surface area is 142 Å². The fourth-order valence-electron chi connectivity index (χ4n) is 2.82. The van der Waals surface area contributed by atoms with Gasteiger partial charge in [0, 0.05) is 4.47 Å². The second kappa shape index (κ2) is 8.80. The zero-order valence-electron chi connectivity index (χ0n) is 12.7. The molecular formula is C19H24BrCl. The number of hydrogen-bond donors (Lipinski definition) is 0. The monoisotopic (exact) mass is 366 g/mol. The van der Waals surface area contributed by atoms with E-state index in [0.29, 0.717) is 0 Å². The highest BCUT2D eigenvalue weighted by Gasteiger charge is 2.12. The molecule has 0 aromatic heterocycles. The van der Waals surface area contributed by atoms with Crippen molar-refractivity contribution in [2.75, 3.05) is 0 Å². The van der Waals surface area contributed by atoms with Crippen molar-refractivity contribution in [3.05, 3.63) is 46.4 Å². The van der Waals surface area contributed by atoms with Crippen LogP contribution in [0.1, 0.15) is 62.8 Å². The van der Waals surface area contributed by atoms with Gasteiger partial charge in [0.1, 0.15) is 0 Å². The van der Waals surface area contributed by atoms with Gasteiger partial charge in [-0.2, -0.15) is 0 Å². The molecule has 2 rings (SSSR count). The molecule has 2 heteroatoms. The molecule has 1 unspecified atom stereocenters. The molecule has 0 saturated heterocycles. The van der Waals surface area contributed by atoms with Crippen LogP contribution in [0.5, 0.6) is 0 Å². The Morgan fingerprint density at radius 1 is 0.905 bits per heavy atom. The van der Waals surface area contributed by atoms with Crippen molar-refractivity contribution < 1.29 is 0 Å². The first-order valence-corrected chi connectivity index (χ1v) is 9.28. The minimum atomic E-state index is 0.120. The van der Waals surface area contributed by atoms with Crippen molar-refractivity contribution in [1.82, 2.24) is 0 Å². The maximum atomic E-state index is 6.66. The van der Waals surface area contributed by atoms with Gasteiger partial charge >= 0.3 is 0 Å². The van der Waals surface area contributed by atoms with Crippen molar-refractivity contribution in [2.45, 2.75) is 57.2 Å². The summed E-state index contributed by atoms with van der Waals surface area (Å²) in [5.41, 5.74) is 1.27. The number of alkyl halides is 1. The molecule has 1 atom stereocenters. The van der Waals surface area contributed by atoms with Gasteiger partial charge in [-0.15, -0.1) is 11.6 Å². The van der Waals surface area contributed by atoms with Crippen LogP contribution in [0.15, 0.2) is 40.9 Å². The summed E-state index contributed by atoms with van der Waals surface area (Å²) < 4.78 is 1.14. The van der Waals surface area contributed by atoms with E-state index in [1.807, 2.05) is 0 Å². The van der Waals surface area contributed by atoms with Gasteiger partial charge in [-0.3, -0.25) is 0 Å². The Balaban J connectivity index is 1.97. The summed E-state index contributed by atoms with van der Waals surface area (Å²) >= 11 is 10.3. The third-order valence-electron chi connectivity index (χ3n) is 4.05. The van der Waals surface area contributed by atoms with Gasteiger partial charge in [0.2, 0.25) is 0 Å². The van der Waals surface area contributed by atoms with E-state index in [2.05, 4.69) is 59.3 Å². The lowest BCUT2D eigenvalue weighted by Gasteiger charge is -2.14. The quantitative estimate of drug-likeness (QED) is 0.332. The molecule has 0 amide bonds. The molecule has 0 heterocycles. The minimum absolute atomic E-state index is 0.120. The van der Waals surface area contributed by atoms with E-state index in [0.717, 1.165) is 10.9 Å². The summed E-state index contributed by atoms with van der Waals surface area (Å²) in [6.45, 7) is 2.26. The van der Waals surface area contributed by atoms with E-state index in [4.69, 9.17) is 11.6 Å². The molecule has 21 heavy (non-hydrogen) atoms. The van der Waals surface area contributed by atoms with Crippen LogP contribution in [0.25, 0.3) is 10.8 Å². The van der Waals surface area contributed by atoms with Crippen LogP contribution in [0, 0.1) is 0 Å². The van der Waals surface area contributed by atoms with Gasteiger partial charge in [-0.1, -0.05) is 91.7 Å². The zero-order chi connectivity index (χ0) is 15.1. The zero-order valence-corrected chi connectivity index (χ0v) is 15.1. The number of fused-ring (bicyclic) bond motifs is 1. The van der Waals surface area contributed by atoms with Gasteiger partial charge in [0.05, 0.1) is 5.38 Å². The van der Waals surface area contributed by atoms with Crippen LogP contribution in [-0.4, -0.2) is 0 Å². The lowest BCUT2D eigenvalue weighted by atomic mass is 9.98. The maximum Gasteiger partial charge on any atom is 0.0591 e. The lowest BCUT2D eigenvalue weighted by molar-refractivity contribution is 0.585. The van der Waals surface area contributed by atoms with Crippen LogP contribution in [0.3, 0.4) is 0 Å². The molecule has 0 radical (unpaired) electrons. The molecule has 0 spiro atoms. The molecule has 0 bridgehead atoms. The molecule has 2 aromatic rings. The van der Waals surface area contributed by atoms with Crippen LogP contribution >= 0.6 is 27.5 Å². The van der Waals surface area contributed by atoms with Crippen molar-refractivity contribution in [3.63, 3.8) is 0 Å². The average molecular weight is 368 g/mol. The predicted molar refractivity (Wildman–Crippen MR) is 98.2 cm³/mol. The summed E-state index contributed by atoms with van der Waals surface area (Å²) in [6.07, 6.45) is 8.98. The number of hydrogen-bond acceptors (Lipinski definition) is 0. The van der Waals surface area contributed by atoms with Crippen molar-refractivity contribution in [3.8, 4) is 0 Å². The molecule has 0 saturated carbocycles. The Morgan fingerprint density at radius 2 is 1.57 bits per heavy atom. The van der Waals surface area contributed by atoms with Crippen molar-refractivity contribution in [1.29, 1.82) is 0 Å². The minimum Gasteiger partial charge on any atom is -0.118 e. The summed E-state index contributed by atoms with van der Waals surface area (Å²) in [4.78, 5) is 0. The van der Waals surface area contributed by atoms with E-state index in [1.165, 1.54) is 54.9 Å². The second-order valence-corrected chi connectivity index (χ2v) is 7.09. The Morgan fingerprint density at radius 3 is 2.33 bits per heavy atom. The van der Waals surface area contributed by atoms with Crippen LogP contribution in [0.2, 0.25) is 0 Å². The van der Waals surface area contributed by atoms with Gasteiger partial charge in [-0.05, 0) is 28.8 Å². The highest BCUT2D eigenvalue weighted by atomic mass is 79.9. The maximum absolute atomic E-state index is 6.66. The molecule has 114 valence electrons. The second-order valence-electron chi connectivity index (χ2n) is 5.71. The SMILES string of the molecule is CCCCCCCCC(Cl)c1ccc(Br)c2ccccc12. The summed E-state index contributed by atoms with van der Waals surface area (Å²) in [5, 5.41) is 2.65. The highest BCUT2D eigenvalue weighted by molar-refractivity contribution is 9.10. The topological polar surface area (TPSA) is 0 Å². The molecule has 0 aliphatic carbocycles. The number of benzene rings is 2. The van der Waals surface area contributed by atoms with E-state index >= 15 is 0 Å². The molecule has 0 aliphatic rings. The fourth-order valence-corrected chi connectivity index (χ4v) is 3.64. The summed E-state index contributed by atoms with van der Waals surface area (Å²) in [6, 6.07) is 12.8. The third-order valence-corrected chi connectivity index (χ3v) is 5.20. The average Bonchev–Trinajstić information content (AvgIpc) is 2.51. The Hall–Kier alpha value is -0.530. The summed E-state index contributed by atoms with van der Waals surface area (Å²) in [7, 11) is 0. The van der Waals surface area contributed by atoms with Gasteiger partial charge < -0.3 is 0 Å². The fraction of sp³-hybridized carbons (Fsp3) is 0.474. The standard InChI is InChI=1S/C19H24BrCl/c1-2-3-4-5-6-7-12-19(21)17-13-14-18(20)16-11-9-8-10-15(16)17/h8-11,13-14,19H,2-7,12H2,1H3. The summed E-state index contributed by atoms with van der Waals surface area (Å²) in [5.74, 6) is 0. The van der Waals surface area contributed by atoms with Crippen molar-refractivity contribution >= 4 is 38.3 Å². The lowest BCUT2D eigenvalue weighted by Crippen LogP contribution is -1.93. The van der Waals surface area contributed by atoms with E-state index < -0.39 is 0 Å². The van der Waals surface area contributed by atoms with E-state index in [1.54, 1.807) is 0 Å². The smallest absolute Gasteiger partial charge is 0.0591 e. The van der Waals surface area contributed by atoms with Crippen molar-refractivity contribution in [2.24, 2.45) is 0 Å². The Bertz CT molecular complexity index is 564. The third kappa shape index (κ3) is 4.72. The van der Waals surface area contributed by atoms with E-state index in [9.17, 15) is 0 Å². The first kappa shape index (κ1) is 16.8. The van der Waals surface area contributed by atoms with Gasteiger partial charge in [0.25, 0.3) is 0 Å². The van der Waals surface area contributed by atoms with Gasteiger partial charge in [0.15, 0.2) is 0 Å². The first-order valence-electron chi connectivity index (χ1n) is 8.05. The largest absolute Gasteiger partial charge is 0.118 e. The van der Waals surface area contributed by atoms with Gasteiger partial charge in [-0.25, -0.2) is 0 Å². The Kier molecular flexibility index (Phi) is 7.06. The molecule has 0 N–H and O–H groups in total. The van der Waals surface area contributed by atoms with Crippen LogP contribution in [-0.2, 0) is 0 Å². The van der Waals surface area contributed by atoms with Crippen LogP contribution in [0.4, 0.5) is 0 Å². The first-order chi connectivity index (χ1) is 10.2. The molecule has 0 fully saturated rings. The van der Waals surface area contributed by atoms with Crippen LogP contribution < -0.4 is 0 Å². The molecule has 0 nitrogen and oxygen atoms in total. The number of halogens is 2. The normalized spacial score (nSPS) is 12.7. The highest BCUT2D eigenvalue weighted by Crippen LogP contribution is 2.35. The van der Waals surface area contributed by atoms with E-state index in [-0.39, 0.29) is 5.38 Å². The molecular weight excluding hydrogens is 344 g/mol. The number of unbranched alkanes of at least 4 members (excludes halogenated alkanes) is 5. The number of rotatable bonds is 8. The molecule has 2 aromatic carbocycles. The predicted octanol–water partition coefficient (Wildman–Crippen LogP) is 7.63. The molecule has 0 aliphatic heterocycles.